The van der Waals surface area contributed by atoms with Gasteiger partial charge in [0.05, 0.1) is 0 Å². The number of nitrogens with two attached hydrogens (primary N) is 1. The maximum absolute atomic E-state index is 13.8. The van der Waals surface area contributed by atoms with Crippen LogP contribution in [0, 0.1) is 18.7 Å². The molecule has 0 aliphatic heterocycles. The third-order valence-corrected chi connectivity index (χ3v) is 4.84. The van der Waals surface area contributed by atoms with Crippen LogP contribution in [-0.4, -0.2) is 26.7 Å². The van der Waals surface area contributed by atoms with Gasteiger partial charge in [-0.25, -0.2) is 17.5 Å². The summed E-state index contributed by atoms with van der Waals surface area (Å²) >= 11 is 0. The van der Waals surface area contributed by atoms with Gasteiger partial charge >= 0.3 is 0 Å². The molecule has 21 heavy (non-hydrogen) atoms. The number of anilines is 1. The second-order valence-electron chi connectivity index (χ2n) is 5.16. The predicted molar refractivity (Wildman–Crippen MR) is 80.8 cm³/mol. The van der Waals surface area contributed by atoms with E-state index in [1.54, 1.807) is 6.92 Å². The van der Waals surface area contributed by atoms with E-state index >= 15 is 0 Å². The van der Waals surface area contributed by atoms with Crippen molar-refractivity contribution in [2.45, 2.75) is 38.0 Å². The summed E-state index contributed by atoms with van der Waals surface area (Å²) in [6.07, 6.45) is 2.19. The Morgan fingerprint density at radius 1 is 1.38 bits per heavy atom. The molecule has 1 aromatic rings. The summed E-state index contributed by atoms with van der Waals surface area (Å²) < 4.78 is 40.6. The van der Waals surface area contributed by atoms with Crippen LogP contribution in [0.2, 0.25) is 0 Å². The number of halogens is 1. The zero-order chi connectivity index (χ0) is 16.0. The molecule has 0 spiro atoms. The van der Waals surface area contributed by atoms with E-state index in [2.05, 4.69) is 4.72 Å². The monoisotopic (exact) mass is 318 g/mol. The van der Waals surface area contributed by atoms with Gasteiger partial charge in [-0.15, -0.1) is 0 Å². The van der Waals surface area contributed by atoms with Gasteiger partial charge < -0.3 is 10.8 Å². The molecule has 0 fully saturated rings. The third kappa shape index (κ3) is 4.94. The summed E-state index contributed by atoms with van der Waals surface area (Å²) in [6.45, 7) is 3.77. The Kier molecular flexibility index (Phi) is 6.57. The SMILES string of the molecule is CCCC(CCO)CNS(=O)(=O)c1cc(N)c(C)cc1F. The number of aryl methyl sites for hydroxylation is 1. The summed E-state index contributed by atoms with van der Waals surface area (Å²) in [7, 11) is -3.95. The topological polar surface area (TPSA) is 92.4 Å². The van der Waals surface area contributed by atoms with Gasteiger partial charge in [0.25, 0.3) is 0 Å². The lowest BCUT2D eigenvalue weighted by molar-refractivity contribution is 0.251. The van der Waals surface area contributed by atoms with E-state index < -0.39 is 20.7 Å². The van der Waals surface area contributed by atoms with Crippen LogP contribution in [0.25, 0.3) is 0 Å². The molecule has 1 atom stereocenters. The fourth-order valence-corrected chi connectivity index (χ4v) is 3.33. The van der Waals surface area contributed by atoms with Gasteiger partial charge in [0, 0.05) is 18.8 Å². The molecule has 0 heterocycles. The van der Waals surface area contributed by atoms with Crippen LogP contribution in [0.4, 0.5) is 10.1 Å². The van der Waals surface area contributed by atoms with Gasteiger partial charge in [-0.1, -0.05) is 13.3 Å². The van der Waals surface area contributed by atoms with Crippen LogP contribution in [0.3, 0.4) is 0 Å². The molecule has 7 heteroatoms. The zero-order valence-corrected chi connectivity index (χ0v) is 13.2. The Labute approximate surface area is 125 Å². The van der Waals surface area contributed by atoms with Crippen molar-refractivity contribution in [2.75, 3.05) is 18.9 Å². The highest BCUT2D eigenvalue weighted by atomic mass is 32.2. The standard InChI is InChI=1S/C14H23FN2O3S/c1-3-4-11(5-6-18)9-17-21(19,20)14-8-13(16)10(2)7-12(14)15/h7-8,11,17-18H,3-6,9,16H2,1-2H3. The highest BCUT2D eigenvalue weighted by Gasteiger charge is 2.21. The highest BCUT2D eigenvalue weighted by Crippen LogP contribution is 2.21. The lowest BCUT2D eigenvalue weighted by Gasteiger charge is -2.16. The van der Waals surface area contributed by atoms with E-state index in [0.717, 1.165) is 25.0 Å². The van der Waals surface area contributed by atoms with E-state index in [0.29, 0.717) is 12.0 Å². The van der Waals surface area contributed by atoms with Gasteiger partial charge in [-0.05, 0) is 43.4 Å². The van der Waals surface area contributed by atoms with Gasteiger partial charge in [0.1, 0.15) is 10.7 Å². The molecule has 0 saturated carbocycles. The maximum Gasteiger partial charge on any atom is 0.243 e. The van der Waals surface area contributed by atoms with E-state index in [-0.39, 0.29) is 24.8 Å². The Morgan fingerprint density at radius 3 is 2.62 bits per heavy atom. The number of nitrogens with one attached hydrogen (secondary N) is 1. The molecule has 0 amide bonds. The van der Waals surface area contributed by atoms with E-state index in [1.165, 1.54) is 0 Å². The molecular weight excluding hydrogens is 295 g/mol. The summed E-state index contributed by atoms with van der Waals surface area (Å²) in [5.74, 6) is -0.788. The first-order valence-electron chi connectivity index (χ1n) is 6.98. The van der Waals surface area contributed by atoms with Gasteiger partial charge in [-0.3, -0.25) is 0 Å². The van der Waals surface area contributed by atoms with Crippen molar-refractivity contribution >= 4 is 15.7 Å². The van der Waals surface area contributed by atoms with E-state index in [9.17, 15) is 12.8 Å². The largest absolute Gasteiger partial charge is 0.398 e. The number of aliphatic hydroxyl groups is 1. The zero-order valence-electron chi connectivity index (χ0n) is 12.4. The van der Waals surface area contributed by atoms with E-state index in [1.807, 2.05) is 6.92 Å². The van der Waals surface area contributed by atoms with Crippen molar-refractivity contribution in [3.05, 3.63) is 23.5 Å². The number of rotatable bonds is 8. The van der Waals surface area contributed by atoms with Crippen LogP contribution in [0.15, 0.2) is 17.0 Å². The molecule has 0 radical (unpaired) electrons. The summed E-state index contributed by atoms with van der Waals surface area (Å²) in [4.78, 5) is -0.440. The Hall–Kier alpha value is -1.18. The molecule has 120 valence electrons. The van der Waals surface area contributed by atoms with Crippen LogP contribution >= 0.6 is 0 Å². The average Bonchev–Trinajstić information content (AvgIpc) is 2.40. The van der Waals surface area contributed by atoms with Crippen molar-refractivity contribution in [1.82, 2.24) is 4.72 Å². The molecule has 5 nitrogen and oxygen atoms in total. The third-order valence-electron chi connectivity index (χ3n) is 3.41. The molecule has 0 aliphatic carbocycles. The van der Waals surface area contributed by atoms with Gasteiger partial charge in [-0.2, -0.15) is 0 Å². The molecule has 0 aromatic heterocycles. The molecule has 4 N–H and O–H groups in total. The number of hydrogen-bond acceptors (Lipinski definition) is 4. The Balaban J connectivity index is 2.89. The average molecular weight is 318 g/mol. The molecule has 1 unspecified atom stereocenters. The fraction of sp³-hybridized carbons (Fsp3) is 0.571. The number of aliphatic hydroxyl groups excluding tert-OH is 1. The van der Waals surface area contributed by atoms with Gasteiger partial charge in [0.2, 0.25) is 10.0 Å². The quantitative estimate of drug-likeness (QED) is 0.637. The highest BCUT2D eigenvalue weighted by molar-refractivity contribution is 7.89. The molecule has 1 aromatic carbocycles. The molecule has 0 aliphatic rings. The summed E-state index contributed by atoms with van der Waals surface area (Å²) in [5, 5.41) is 8.97. The Bertz CT molecular complexity index is 570. The lowest BCUT2D eigenvalue weighted by Crippen LogP contribution is -2.30. The first-order valence-corrected chi connectivity index (χ1v) is 8.46. The fourth-order valence-electron chi connectivity index (χ4n) is 2.12. The minimum absolute atomic E-state index is 0.00175. The van der Waals surface area contributed by atoms with Crippen molar-refractivity contribution in [3.8, 4) is 0 Å². The van der Waals surface area contributed by atoms with Crippen LogP contribution < -0.4 is 10.5 Å². The van der Waals surface area contributed by atoms with Crippen LogP contribution in [0.1, 0.15) is 31.7 Å². The van der Waals surface area contributed by atoms with Crippen LogP contribution in [-0.2, 0) is 10.0 Å². The van der Waals surface area contributed by atoms with Gasteiger partial charge in [0.15, 0.2) is 0 Å². The Morgan fingerprint density at radius 2 is 2.05 bits per heavy atom. The van der Waals surface area contributed by atoms with Crippen molar-refractivity contribution in [1.29, 1.82) is 0 Å². The number of nitrogen functional groups attached to an aromatic ring is 1. The van der Waals surface area contributed by atoms with Crippen molar-refractivity contribution in [2.24, 2.45) is 5.92 Å². The normalized spacial score (nSPS) is 13.3. The molecule has 0 saturated heterocycles. The molecule has 1 rings (SSSR count). The number of benzene rings is 1. The van der Waals surface area contributed by atoms with Crippen LogP contribution in [0.5, 0.6) is 0 Å². The molecule has 0 bridgehead atoms. The molecular formula is C14H23FN2O3S. The minimum Gasteiger partial charge on any atom is -0.398 e. The predicted octanol–water partition coefficient (Wildman–Crippen LogP) is 1.79. The summed E-state index contributed by atoms with van der Waals surface area (Å²) in [5.41, 5.74) is 6.38. The maximum atomic E-state index is 13.8. The number of sulfonamides is 1. The minimum atomic E-state index is -3.95. The summed E-state index contributed by atoms with van der Waals surface area (Å²) in [6, 6.07) is 2.25. The van der Waals surface area contributed by atoms with E-state index in [4.69, 9.17) is 10.8 Å². The van der Waals surface area contributed by atoms with Crippen molar-refractivity contribution in [3.63, 3.8) is 0 Å². The lowest BCUT2D eigenvalue weighted by atomic mass is 10.0. The smallest absolute Gasteiger partial charge is 0.243 e. The first kappa shape index (κ1) is 17.9. The first-order chi connectivity index (χ1) is 9.81. The second-order valence-corrected chi connectivity index (χ2v) is 6.89. The second kappa shape index (κ2) is 7.72. The van der Waals surface area contributed by atoms with Crippen molar-refractivity contribution < 1.29 is 17.9 Å². The number of hydrogen-bond donors (Lipinski definition) is 3.